The van der Waals surface area contributed by atoms with Gasteiger partial charge in [0, 0.05) is 38.5 Å². The lowest BCUT2D eigenvalue weighted by atomic mass is 9.81. The Kier molecular flexibility index (Phi) is 4.97. The normalized spacial score (nSPS) is 38.0. The van der Waals surface area contributed by atoms with E-state index in [9.17, 15) is 5.11 Å². The minimum Gasteiger partial charge on any atom is -0.396 e. The zero-order valence-corrected chi connectivity index (χ0v) is 12.5. The predicted molar refractivity (Wildman–Crippen MR) is 77.7 cm³/mol. The number of hydrogen-bond donors (Lipinski definition) is 2. The van der Waals surface area contributed by atoms with Gasteiger partial charge >= 0.3 is 0 Å². The second-order valence-electron chi connectivity index (χ2n) is 6.83. The molecule has 0 bridgehead atoms. The van der Waals surface area contributed by atoms with E-state index in [1.54, 1.807) is 0 Å². The molecule has 3 atom stereocenters. The number of ether oxygens (including phenoxy) is 2. The summed E-state index contributed by atoms with van der Waals surface area (Å²) in [5.74, 6) is 0.456. The Bertz CT molecular complexity index is 299. The van der Waals surface area contributed by atoms with Crippen LogP contribution in [0.15, 0.2) is 0 Å². The summed E-state index contributed by atoms with van der Waals surface area (Å²) in [5.41, 5.74) is 0.0670. The van der Waals surface area contributed by atoms with Crippen LogP contribution in [-0.2, 0) is 9.47 Å². The first-order valence-electron chi connectivity index (χ1n) is 8.40. The van der Waals surface area contributed by atoms with Gasteiger partial charge in [0.15, 0.2) is 0 Å². The summed E-state index contributed by atoms with van der Waals surface area (Å²) >= 11 is 0. The van der Waals surface area contributed by atoms with Crippen LogP contribution in [0.25, 0.3) is 0 Å². The van der Waals surface area contributed by atoms with Crippen molar-refractivity contribution in [3.05, 3.63) is 0 Å². The van der Waals surface area contributed by atoms with Gasteiger partial charge in [-0.2, -0.15) is 0 Å². The minimum atomic E-state index is 0.0670. The molecule has 3 unspecified atom stereocenters. The standard InChI is InChI=1S/C16H29NO3/c18-12-13-3-1-2-4-15(13)17-14-5-8-20-16(11-14)6-9-19-10-7-16/h13-15,17-18H,1-12H2. The maximum Gasteiger partial charge on any atom is 0.0741 e. The molecule has 3 aliphatic rings. The molecule has 2 aliphatic heterocycles. The quantitative estimate of drug-likeness (QED) is 0.830. The second kappa shape index (κ2) is 6.73. The first-order chi connectivity index (χ1) is 9.81. The van der Waals surface area contributed by atoms with E-state index in [4.69, 9.17) is 9.47 Å². The van der Waals surface area contributed by atoms with E-state index in [1.807, 2.05) is 0 Å². The summed E-state index contributed by atoms with van der Waals surface area (Å²) in [5, 5.41) is 13.4. The topological polar surface area (TPSA) is 50.7 Å². The van der Waals surface area contributed by atoms with Crippen LogP contribution in [-0.4, -0.2) is 49.2 Å². The second-order valence-corrected chi connectivity index (χ2v) is 6.83. The summed E-state index contributed by atoms with van der Waals surface area (Å²) in [7, 11) is 0. The molecule has 3 rings (SSSR count). The Morgan fingerprint density at radius 1 is 1.05 bits per heavy atom. The van der Waals surface area contributed by atoms with Gasteiger partial charge in [0.25, 0.3) is 0 Å². The van der Waals surface area contributed by atoms with Crippen molar-refractivity contribution in [2.24, 2.45) is 5.92 Å². The molecule has 116 valence electrons. The van der Waals surface area contributed by atoms with Gasteiger partial charge in [-0.15, -0.1) is 0 Å². The van der Waals surface area contributed by atoms with Crippen molar-refractivity contribution in [3.8, 4) is 0 Å². The Labute approximate surface area is 122 Å². The van der Waals surface area contributed by atoms with E-state index in [1.165, 1.54) is 25.7 Å². The van der Waals surface area contributed by atoms with Crippen molar-refractivity contribution >= 4 is 0 Å². The lowest BCUT2D eigenvalue weighted by Crippen LogP contribution is -2.53. The van der Waals surface area contributed by atoms with Crippen molar-refractivity contribution in [1.29, 1.82) is 0 Å². The molecule has 1 aliphatic carbocycles. The molecular weight excluding hydrogens is 254 g/mol. The Morgan fingerprint density at radius 2 is 1.85 bits per heavy atom. The first kappa shape index (κ1) is 14.8. The molecule has 2 N–H and O–H groups in total. The average molecular weight is 283 g/mol. The molecule has 0 amide bonds. The third kappa shape index (κ3) is 3.35. The molecule has 4 heteroatoms. The van der Waals surface area contributed by atoms with E-state index in [0.717, 1.165) is 45.5 Å². The van der Waals surface area contributed by atoms with Crippen molar-refractivity contribution in [2.75, 3.05) is 26.4 Å². The van der Waals surface area contributed by atoms with Crippen LogP contribution < -0.4 is 5.32 Å². The maximum absolute atomic E-state index is 9.55. The number of hydrogen-bond acceptors (Lipinski definition) is 4. The minimum absolute atomic E-state index is 0.0670. The van der Waals surface area contributed by atoms with E-state index in [2.05, 4.69) is 5.32 Å². The molecule has 0 radical (unpaired) electrons. The smallest absolute Gasteiger partial charge is 0.0741 e. The van der Waals surface area contributed by atoms with Crippen LogP contribution in [0.3, 0.4) is 0 Å². The summed E-state index contributed by atoms with van der Waals surface area (Å²) in [6.45, 7) is 2.89. The zero-order chi connectivity index (χ0) is 13.8. The largest absolute Gasteiger partial charge is 0.396 e. The van der Waals surface area contributed by atoms with Crippen LogP contribution in [0.5, 0.6) is 0 Å². The monoisotopic (exact) mass is 283 g/mol. The molecule has 0 aromatic heterocycles. The molecule has 1 spiro atoms. The number of nitrogens with one attached hydrogen (secondary N) is 1. The van der Waals surface area contributed by atoms with Gasteiger partial charge in [-0.25, -0.2) is 0 Å². The lowest BCUT2D eigenvalue weighted by Gasteiger charge is -2.45. The van der Waals surface area contributed by atoms with E-state index < -0.39 is 0 Å². The fourth-order valence-corrected chi connectivity index (χ4v) is 4.21. The fourth-order valence-electron chi connectivity index (χ4n) is 4.21. The van der Waals surface area contributed by atoms with Crippen molar-refractivity contribution < 1.29 is 14.6 Å². The highest BCUT2D eigenvalue weighted by molar-refractivity contribution is 4.93. The maximum atomic E-state index is 9.55. The van der Waals surface area contributed by atoms with Crippen LogP contribution in [0, 0.1) is 5.92 Å². The van der Waals surface area contributed by atoms with Gasteiger partial charge in [-0.1, -0.05) is 12.8 Å². The lowest BCUT2D eigenvalue weighted by molar-refractivity contribution is -0.141. The zero-order valence-electron chi connectivity index (χ0n) is 12.5. The molecule has 3 fully saturated rings. The predicted octanol–water partition coefficient (Wildman–Crippen LogP) is 1.86. The highest BCUT2D eigenvalue weighted by atomic mass is 16.5. The van der Waals surface area contributed by atoms with Gasteiger partial charge < -0.3 is 19.9 Å². The third-order valence-corrected chi connectivity index (χ3v) is 5.49. The van der Waals surface area contributed by atoms with Crippen LogP contribution >= 0.6 is 0 Å². The molecule has 2 saturated heterocycles. The summed E-state index contributed by atoms with van der Waals surface area (Å²) in [4.78, 5) is 0. The molecule has 0 aromatic carbocycles. The molecule has 20 heavy (non-hydrogen) atoms. The van der Waals surface area contributed by atoms with Crippen LogP contribution in [0.4, 0.5) is 0 Å². The van der Waals surface area contributed by atoms with Gasteiger partial charge in [0.05, 0.1) is 5.60 Å². The van der Waals surface area contributed by atoms with E-state index in [-0.39, 0.29) is 5.60 Å². The number of rotatable bonds is 3. The summed E-state index contributed by atoms with van der Waals surface area (Å²) < 4.78 is 11.6. The summed E-state index contributed by atoms with van der Waals surface area (Å²) in [6.07, 6.45) is 9.28. The molecular formula is C16H29NO3. The number of aliphatic hydroxyl groups is 1. The SMILES string of the molecule is OCC1CCCCC1NC1CCOC2(CCOCC2)C1. The van der Waals surface area contributed by atoms with Crippen LogP contribution in [0.2, 0.25) is 0 Å². The summed E-state index contributed by atoms with van der Waals surface area (Å²) in [6, 6.07) is 1.06. The number of aliphatic hydroxyl groups excluding tert-OH is 1. The van der Waals surface area contributed by atoms with Crippen molar-refractivity contribution in [1.82, 2.24) is 5.32 Å². The molecule has 1 saturated carbocycles. The third-order valence-electron chi connectivity index (χ3n) is 5.49. The van der Waals surface area contributed by atoms with Crippen LogP contribution in [0.1, 0.15) is 51.4 Å². The molecule has 2 heterocycles. The van der Waals surface area contributed by atoms with Crippen molar-refractivity contribution in [3.63, 3.8) is 0 Å². The van der Waals surface area contributed by atoms with Gasteiger partial charge in [0.2, 0.25) is 0 Å². The Hall–Kier alpha value is -0.160. The Balaban J connectivity index is 1.56. The average Bonchev–Trinajstić information content (AvgIpc) is 2.49. The Morgan fingerprint density at radius 3 is 2.65 bits per heavy atom. The molecule has 0 aromatic rings. The van der Waals surface area contributed by atoms with E-state index >= 15 is 0 Å². The fraction of sp³-hybridized carbons (Fsp3) is 1.00. The first-order valence-corrected chi connectivity index (χ1v) is 8.40. The van der Waals surface area contributed by atoms with E-state index in [0.29, 0.717) is 24.6 Å². The molecule has 4 nitrogen and oxygen atoms in total. The van der Waals surface area contributed by atoms with Gasteiger partial charge in [-0.3, -0.25) is 0 Å². The van der Waals surface area contributed by atoms with Gasteiger partial charge in [0.1, 0.15) is 0 Å². The van der Waals surface area contributed by atoms with Crippen molar-refractivity contribution in [2.45, 2.75) is 69.1 Å². The highest BCUT2D eigenvalue weighted by Crippen LogP contribution is 2.35. The van der Waals surface area contributed by atoms with Gasteiger partial charge in [-0.05, 0) is 44.4 Å². The highest BCUT2D eigenvalue weighted by Gasteiger charge is 2.40.